The maximum absolute atomic E-state index is 13.2. The van der Waals surface area contributed by atoms with Gasteiger partial charge in [0.05, 0.1) is 15.5 Å². The van der Waals surface area contributed by atoms with Crippen molar-refractivity contribution in [1.29, 1.82) is 0 Å². The monoisotopic (exact) mass is 475 g/mol. The number of aromatic nitrogens is 3. The number of nitrogens with zero attached hydrogens (tertiary/aromatic N) is 5. The van der Waals surface area contributed by atoms with E-state index < -0.39 is 10.0 Å². The lowest BCUT2D eigenvalue weighted by molar-refractivity contribution is 0.0711. The summed E-state index contributed by atoms with van der Waals surface area (Å²) in [6.07, 6.45) is 3.44. The Morgan fingerprint density at radius 1 is 1.12 bits per heavy atom. The number of hydrogen-bond acceptors (Lipinski definition) is 5. The molecule has 1 aliphatic heterocycles. The molecule has 3 heterocycles. The molecule has 32 heavy (non-hydrogen) atoms. The van der Waals surface area contributed by atoms with Crippen LogP contribution in [0.1, 0.15) is 48.8 Å². The third-order valence-electron chi connectivity index (χ3n) is 6.00. The highest BCUT2D eigenvalue weighted by atomic mass is 35.5. The summed E-state index contributed by atoms with van der Waals surface area (Å²) in [5.74, 6) is 0.843. The second kappa shape index (κ2) is 9.17. The Labute approximate surface area is 192 Å². The summed E-state index contributed by atoms with van der Waals surface area (Å²) < 4.78 is 29.1. The molecular weight excluding hydrogens is 450 g/mol. The fourth-order valence-electron chi connectivity index (χ4n) is 4.19. The number of benzene rings is 1. The van der Waals surface area contributed by atoms with Gasteiger partial charge in [0.2, 0.25) is 10.0 Å². The lowest BCUT2D eigenvalue weighted by Gasteiger charge is -2.31. The molecule has 0 atom stereocenters. The van der Waals surface area contributed by atoms with Crippen LogP contribution >= 0.6 is 11.6 Å². The number of piperidine rings is 1. The molecule has 1 amide bonds. The van der Waals surface area contributed by atoms with E-state index in [9.17, 15) is 13.2 Å². The smallest absolute Gasteiger partial charge is 0.255 e. The first-order valence-corrected chi connectivity index (χ1v) is 12.6. The molecule has 0 N–H and O–H groups in total. The molecule has 1 saturated heterocycles. The van der Waals surface area contributed by atoms with Crippen molar-refractivity contribution in [3.05, 3.63) is 59.0 Å². The summed E-state index contributed by atoms with van der Waals surface area (Å²) in [7, 11) is -3.68. The van der Waals surface area contributed by atoms with Gasteiger partial charge in [0, 0.05) is 38.3 Å². The average molecular weight is 476 g/mol. The van der Waals surface area contributed by atoms with Gasteiger partial charge in [-0.1, -0.05) is 31.5 Å². The molecule has 0 aliphatic carbocycles. The SMILES string of the molecule is CCN(CC)S(=O)(=O)c1ccc(Cl)c(C(=O)N2CCC(c3nnc4ccccn34)CC2)c1. The number of hydrogen-bond donors (Lipinski definition) is 0. The van der Waals surface area contributed by atoms with Gasteiger partial charge in [-0.05, 0) is 43.2 Å². The zero-order valence-electron chi connectivity index (χ0n) is 18.1. The van der Waals surface area contributed by atoms with Gasteiger partial charge in [0.15, 0.2) is 5.65 Å². The van der Waals surface area contributed by atoms with Gasteiger partial charge in [-0.25, -0.2) is 8.42 Å². The molecule has 0 spiro atoms. The highest BCUT2D eigenvalue weighted by molar-refractivity contribution is 7.89. The lowest BCUT2D eigenvalue weighted by Crippen LogP contribution is -2.38. The summed E-state index contributed by atoms with van der Waals surface area (Å²) in [6, 6.07) is 10.1. The third kappa shape index (κ3) is 4.12. The van der Waals surface area contributed by atoms with Crippen molar-refractivity contribution in [2.45, 2.75) is 37.5 Å². The van der Waals surface area contributed by atoms with Crippen molar-refractivity contribution in [2.75, 3.05) is 26.2 Å². The molecule has 170 valence electrons. The van der Waals surface area contributed by atoms with Crippen molar-refractivity contribution < 1.29 is 13.2 Å². The van der Waals surface area contributed by atoms with E-state index in [1.165, 1.54) is 22.5 Å². The van der Waals surface area contributed by atoms with Crippen LogP contribution in [0.4, 0.5) is 0 Å². The molecule has 1 fully saturated rings. The summed E-state index contributed by atoms with van der Waals surface area (Å²) in [5.41, 5.74) is 1.02. The molecule has 1 aliphatic rings. The predicted molar refractivity (Wildman–Crippen MR) is 122 cm³/mol. The van der Waals surface area contributed by atoms with Crippen LogP contribution in [0.25, 0.3) is 5.65 Å². The Morgan fingerprint density at radius 2 is 1.84 bits per heavy atom. The first kappa shape index (κ1) is 22.7. The molecule has 0 saturated carbocycles. The minimum Gasteiger partial charge on any atom is -0.339 e. The molecule has 1 aromatic carbocycles. The van der Waals surface area contributed by atoms with Crippen LogP contribution < -0.4 is 0 Å². The predicted octanol–water partition coefficient (Wildman–Crippen LogP) is 3.43. The van der Waals surface area contributed by atoms with Crippen molar-refractivity contribution in [1.82, 2.24) is 23.8 Å². The highest BCUT2D eigenvalue weighted by Crippen LogP contribution is 2.30. The number of halogens is 1. The molecule has 0 unspecified atom stereocenters. The van der Waals surface area contributed by atoms with Gasteiger partial charge < -0.3 is 4.90 Å². The normalized spacial score (nSPS) is 15.6. The highest BCUT2D eigenvalue weighted by Gasteiger charge is 2.30. The number of rotatable bonds is 6. The zero-order valence-corrected chi connectivity index (χ0v) is 19.7. The van der Waals surface area contributed by atoms with E-state index in [1.807, 2.05) is 28.8 Å². The molecule has 8 nitrogen and oxygen atoms in total. The largest absolute Gasteiger partial charge is 0.339 e. The van der Waals surface area contributed by atoms with Gasteiger partial charge in [0.1, 0.15) is 5.82 Å². The number of pyridine rings is 1. The van der Waals surface area contributed by atoms with E-state index in [2.05, 4.69) is 10.2 Å². The van der Waals surface area contributed by atoms with Gasteiger partial charge in [-0.15, -0.1) is 10.2 Å². The van der Waals surface area contributed by atoms with E-state index in [1.54, 1.807) is 18.7 Å². The number of sulfonamides is 1. The van der Waals surface area contributed by atoms with Crippen LogP contribution in [-0.4, -0.2) is 64.3 Å². The van der Waals surface area contributed by atoms with Crippen molar-refractivity contribution in [3.63, 3.8) is 0 Å². The van der Waals surface area contributed by atoms with Crippen LogP contribution in [0.2, 0.25) is 5.02 Å². The Kier molecular flexibility index (Phi) is 6.50. The quantitative estimate of drug-likeness (QED) is 0.545. The minimum absolute atomic E-state index is 0.0822. The topological polar surface area (TPSA) is 87.9 Å². The van der Waals surface area contributed by atoms with Gasteiger partial charge >= 0.3 is 0 Å². The van der Waals surface area contributed by atoms with E-state index >= 15 is 0 Å². The maximum Gasteiger partial charge on any atom is 0.255 e. The summed E-state index contributed by atoms with van der Waals surface area (Å²) >= 11 is 6.31. The van der Waals surface area contributed by atoms with Crippen molar-refractivity contribution in [2.24, 2.45) is 0 Å². The van der Waals surface area contributed by atoms with Crippen LogP contribution in [0.15, 0.2) is 47.5 Å². The van der Waals surface area contributed by atoms with E-state index in [-0.39, 0.29) is 27.3 Å². The van der Waals surface area contributed by atoms with Crippen LogP contribution in [0.5, 0.6) is 0 Å². The minimum atomic E-state index is -3.68. The summed E-state index contributed by atoms with van der Waals surface area (Å²) in [4.78, 5) is 15.0. The Bertz CT molecular complexity index is 1230. The Hall–Kier alpha value is -2.49. The molecule has 10 heteroatoms. The fourth-order valence-corrected chi connectivity index (χ4v) is 5.87. The molecule has 3 aromatic rings. The molecule has 0 bridgehead atoms. The van der Waals surface area contributed by atoms with Crippen molar-refractivity contribution in [3.8, 4) is 0 Å². The first-order chi connectivity index (χ1) is 15.4. The van der Waals surface area contributed by atoms with Gasteiger partial charge in [0.25, 0.3) is 5.91 Å². The molecular formula is C22H26ClN5O3S. The van der Waals surface area contributed by atoms with Crippen LogP contribution in [-0.2, 0) is 10.0 Å². The van der Waals surface area contributed by atoms with E-state index in [0.717, 1.165) is 24.3 Å². The Morgan fingerprint density at radius 3 is 2.53 bits per heavy atom. The average Bonchev–Trinajstić information content (AvgIpc) is 3.24. The van der Waals surface area contributed by atoms with Crippen LogP contribution in [0.3, 0.4) is 0 Å². The van der Waals surface area contributed by atoms with Crippen LogP contribution in [0, 0.1) is 0 Å². The second-order valence-corrected chi connectivity index (χ2v) is 10.1. The molecule has 0 radical (unpaired) electrons. The fraction of sp³-hybridized carbons (Fsp3) is 0.409. The lowest BCUT2D eigenvalue weighted by atomic mass is 9.95. The number of fused-ring (bicyclic) bond motifs is 1. The van der Waals surface area contributed by atoms with Crippen molar-refractivity contribution >= 4 is 33.2 Å². The maximum atomic E-state index is 13.2. The zero-order chi connectivity index (χ0) is 22.9. The standard InChI is InChI=1S/C22H26ClN5O3S/c1-3-27(4-2)32(30,31)17-8-9-19(23)18(15-17)22(29)26-13-10-16(11-14-26)21-25-24-20-7-5-6-12-28(20)21/h5-9,12,15-16H,3-4,10-11,13-14H2,1-2H3. The number of amides is 1. The Balaban J connectivity index is 1.52. The summed E-state index contributed by atoms with van der Waals surface area (Å²) in [6.45, 7) is 5.35. The molecule has 4 rings (SSSR count). The number of likely N-dealkylation sites (tertiary alicyclic amines) is 1. The summed E-state index contributed by atoms with van der Waals surface area (Å²) in [5, 5.41) is 8.82. The number of carbonyl (C=O) groups is 1. The van der Waals surface area contributed by atoms with Gasteiger partial charge in [-0.2, -0.15) is 4.31 Å². The van der Waals surface area contributed by atoms with E-state index in [4.69, 9.17) is 11.6 Å². The second-order valence-electron chi connectivity index (χ2n) is 7.78. The molecule has 2 aromatic heterocycles. The first-order valence-electron chi connectivity index (χ1n) is 10.8. The van der Waals surface area contributed by atoms with Gasteiger partial charge in [-0.3, -0.25) is 9.20 Å². The van der Waals surface area contributed by atoms with E-state index in [0.29, 0.717) is 26.2 Å². The third-order valence-corrected chi connectivity index (χ3v) is 8.37. The number of carbonyl (C=O) groups excluding carboxylic acids is 1.